The summed E-state index contributed by atoms with van der Waals surface area (Å²) in [7, 11) is -4.65. The zero-order valence-corrected chi connectivity index (χ0v) is 35.1. The number of allylic oxidation sites excluding steroid dienone is 12. The summed E-state index contributed by atoms with van der Waals surface area (Å²) >= 11 is 0. The number of phosphoric acid groups is 1. The van der Waals surface area contributed by atoms with Gasteiger partial charge in [-0.3, -0.25) is 18.6 Å². The molecule has 0 saturated carbocycles. The molecule has 0 aromatic heterocycles. The summed E-state index contributed by atoms with van der Waals surface area (Å²) in [5, 5.41) is 28.3. The molecule has 0 aromatic carbocycles. The van der Waals surface area contributed by atoms with E-state index in [1.807, 2.05) is 54.7 Å². The minimum atomic E-state index is -4.65. The third kappa shape index (κ3) is 38.0. The van der Waals surface area contributed by atoms with Crippen LogP contribution < -0.4 is 0 Å². The summed E-state index contributed by atoms with van der Waals surface area (Å²) in [5.74, 6) is -1.07. The topological polar surface area (TPSA) is 169 Å². The zero-order valence-electron chi connectivity index (χ0n) is 34.2. The Morgan fingerprint density at radius 2 is 1.21 bits per heavy atom. The number of aliphatic hydroxyl groups is 3. The highest BCUT2D eigenvalue weighted by molar-refractivity contribution is 7.47. The highest BCUT2D eigenvalue weighted by atomic mass is 31.2. The Balaban J connectivity index is 4.55. The van der Waals surface area contributed by atoms with Gasteiger partial charge in [0.05, 0.1) is 25.9 Å². The van der Waals surface area contributed by atoms with Crippen LogP contribution in [0.15, 0.2) is 85.1 Å². The molecule has 0 amide bonds. The van der Waals surface area contributed by atoms with E-state index in [0.717, 1.165) is 57.8 Å². The molecule has 0 heterocycles. The van der Waals surface area contributed by atoms with Crippen molar-refractivity contribution in [2.75, 3.05) is 26.4 Å². The lowest BCUT2D eigenvalue weighted by molar-refractivity contribution is -0.161. The molecule has 4 atom stereocenters. The first kappa shape index (κ1) is 53.1. The van der Waals surface area contributed by atoms with Crippen molar-refractivity contribution in [1.29, 1.82) is 0 Å². The molecule has 0 aromatic rings. The molecule has 56 heavy (non-hydrogen) atoms. The fourth-order valence-corrected chi connectivity index (χ4v) is 5.71. The number of hydrogen-bond donors (Lipinski definition) is 4. The van der Waals surface area contributed by atoms with Crippen molar-refractivity contribution in [3.63, 3.8) is 0 Å². The molecule has 2 unspecified atom stereocenters. The number of esters is 2. The molecule has 0 bridgehead atoms. The van der Waals surface area contributed by atoms with Crippen LogP contribution >= 0.6 is 7.82 Å². The van der Waals surface area contributed by atoms with Gasteiger partial charge in [0.2, 0.25) is 0 Å². The van der Waals surface area contributed by atoms with Crippen LogP contribution in [0.3, 0.4) is 0 Å². The van der Waals surface area contributed by atoms with Crippen LogP contribution in [0, 0.1) is 0 Å². The van der Waals surface area contributed by atoms with Crippen LogP contribution in [0.4, 0.5) is 0 Å². The van der Waals surface area contributed by atoms with E-state index in [1.165, 1.54) is 25.7 Å². The Labute approximate surface area is 337 Å². The van der Waals surface area contributed by atoms with E-state index in [-0.39, 0.29) is 19.4 Å². The second-order valence-electron chi connectivity index (χ2n) is 13.5. The number of hydrogen-bond acceptors (Lipinski definition) is 10. The fraction of sp³-hybridized carbons (Fsp3) is 0.636. The second-order valence-corrected chi connectivity index (χ2v) is 14.9. The number of carbonyl (C=O) groups excluding carboxylic acids is 2. The van der Waals surface area contributed by atoms with Gasteiger partial charge in [-0.05, 0) is 70.6 Å². The average molecular weight is 809 g/mol. The largest absolute Gasteiger partial charge is 0.472 e. The van der Waals surface area contributed by atoms with Crippen LogP contribution in [0.25, 0.3) is 0 Å². The number of aliphatic hydroxyl groups excluding tert-OH is 3. The van der Waals surface area contributed by atoms with Gasteiger partial charge in [-0.1, -0.05) is 137 Å². The number of unbranched alkanes of at least 4 members (excludes halogenated alkanes) is 9. The van der Waals surface area contributed by atoms with Crippen LogP contribution in [0.5, 0.6) is 0 Å². The summed E-state index contributed by atoms with van der Waals surface area (Å²) in [6, 6.07) is 0. The van der Waals surface area contributed by atoms with E-state index in [2.05, 4.69) is 42.7 Å². The van der Waals surface area contributed by atoms with Gasteiger partial charge in [0.15, 0.2) is 6.10 Å². The molecule has 0 rings (SSSR count). The van der Waals surface area contributed by atoms with E-state index in [1.54, 1.807) is 6.08 Å². The normalized spacial score (nSPS) is 15.3. The van der Waals surface area contributed by atoms with E-state index >= 15 is 0 Å². The lowest BCUT2D eigenvalue weighted by atomic mass is 10.1. The van der Waals surface area contributed by atoms with Gasteiger partial charge >= 0.3 is 19.8 Å². The lowest BCUT2D eigenvalue weighted by Crippen LogP contribution is -2.29. The molecule has 4 N–H and O–H groups in total. The summed E-state index contributed by atoms with van der Waals surface area (Å²) in [5.41, 5.74) is 0. The van der Waals surface area contributed by atoms with Crippen molar-refractivity contribution in [2.45, 2.75) is 154 Å². The Morgan fingerprint density at radius 3 is 1.91 bits per heavy atom. The fourth-order valence-electron chi connectivity index (χ4n) is 4.92. The first-order valence-electron chi connectivity index (χ1n) is 20.7. The van der Waals surface area contributed by atoms with E-state index in [4.69, 9.17) is 19.1 Å². The van der Waals surface area contributed by atoms with Crippen molar-refractivity contribution in [2.24, 2.45) is 0 Å². The Morgan fingerprint density at radius 1 is 0.625 bits per heavy atom. The maximum Gasteiger partial charge on any atom is 0.472 e. The first-order valence-corrected chi connectivity index (χ1v) is 22.1. The van der Waals surface area contributed by atoms with Crippen LogP contribution in [0.1, 0.15) is 136 Å². The quantitative estimate of drug-likeness (QED) is 0.0155. The SMILES string of the molecule is CC/C=C\C/C=C\CC(O)/C=C/C=C\C/C=C\C/C=C\CCC(=O)O[C@H](COC(=O)CCCCCCC/C=C\CCCCCC)COP(=O)(O)OC[C@@H](O)CO. The third-order valence-corrected chi connectivity index (χ3v) is 9.08. The standard InChI is InChI=1S/C44H73O11P/c1-3-5-7-9-11-12-13-14-15-19-22-26-30-34-43(48)52-38-42(39-54-56(50,51)53-37-41(47)36-45)55-44(49)35-31-27-23-20-17-16-18-21-25-29-33-40(46)32-28-24-10-8-6-4-2/h6,8,12-13,16-17,21,23-25,27-29,33,40-42,45-47H,3-5,7,9-11,14-15,18-20,22,26,30-32,34-39H2,1-2H3,(H,50,51)/b8-6-,13-12-,17-16-,25-21-,27-23-,28-24-,33-29+/t40?,41-,42+/m0/s1. The van der Waals surface area contributed by atoms with E-state index in [9.17, 15) is 29.3 Å². The zero-order chi connectivity index (χ0) is 41.4. The molecule has 0 saturated heterocycles. The van der Waals surface area contributed by atoms with Gasteiger partial charge in [-0.15, -0.1) is 0 Å². The Kier molecular flexibility index (Phi) is 36.9. The summed E-state index contributed by atoms with van der Waals surface area (Å²) in [6.07, 6.45) is 41.6. The predicted octanol–water partition coefficient (Wildman–Crippen LogP) is 9.63. The van der Waals surface area contributed by atoms with Gasteiger partial charge in [0, 0.05) is 12.8 Å². The van der Waals surface area contributed by atoms with Crippen molar-refractivity contribution >= 4 is 19.8 Å². The van der Waals surface area contributed by atoms with Crippen molar-refractivity contribution in [1.82, 2.24) is 0 Å². The van der Waals surface area contributed by atoms with Gasteiger partial charge < -0.3 is 29.7 Å². The van der Waals surface area contributed by atoms with Gasteiger partial charge in [0.25, 0.3) is 0 Å². The summed E-state index contributed by atoms with van der Waals surface area (Å²) in [4.78, 5) is 34.9. The molecule has 0 aliphatic heterocycles. The van der Waals surface area contributed by atoms with E-state index in [0.29, 0.717) is 25.7 Å². The highest BCUT2D eigenvalue weighted by Crippen LogP contribution is 2.43. The van der Waals surface area contributed by atoms with Crippen molar-refractivity contribution in [3.8, 4) is 0 Å². The monoisotopic (exact) mass is 808 g/mol. The number of ether oxygens (including phenoxy) is 2. The van der Waals surface area contributed by atoms with Crippen molar-refractivity contribution in [3.05, 3.63) is 85.1 Å². The molecule has 0 aliphatic rings. The predicted molar refractivity (Wildman–Crippen MR) is 225 cm³/mol. The number of phosphoric ester groups is 1. The molecule has 11 nitrogen and oxygen atoms in total. The van der Waals surface area contributed by atoms with Crippen LogP contribution in [-0.4, -0.2) is 76.9 Å². The Hall–Kier alpha value is -2.89. The van der Waals surface area contributed by atoms with Crippen LogP contribution in [-0.2, 0) is 32.7 Å². The van der Waals surface area contributed by atoms with E-state index < -0.39 is 57.9 Å². The lowest BCUT2D eigenvalue weighted by Gasteiger charge is -2.20. The van der Waals surface area contributed by atoms with Crippen LogP contribution in [0.2, 0.25) is 0 Å². The smallest absolute Gasteiger partial charge is 0.462 e. The van der Waals surface area contributed by atoms with Gasteiger partial charge in [-0.2, -0.15) is 0 Å². The highest BCUT2D eigenvalue weighted by Gasteiger charge is 2.27. The molecular weight excluding hydrogens is 735 g/mol. The van der Waals surface area contributed by atoms with Gasteiger partial charge in [-0.25, -0.2) is 4.57 Å². The number of carbonyl (C=O) groups is 2. The molecule has 0 fully saturated rings. The molecule has 0 aliphatic carbocycles. The van der Waals surface area contributed by atoms with Crippen molar-refractivity contribution < 1.29 is 52.9 Å². The maximum atomic E-state index is 12.6. The second kappa shape index (κ2) is 39.0. The molecule has 12 heteroatoms. The summed E-state index contributed by atoms with van der Waals surface area (Å²) < 4.78 is 32.5. The average Bonchev–Trinajstić information content (AvgIpc) is 3.18. The Bertz CT molecular complexity index is 1220. The number of rotatable bonds is 37. The minimum Gasteiger partial charge on any atom is -0.462 e. The third-order valence-electron chi connectivity index (χ3n) is 8.13. The molecule has 0 spiro atoms. The molecule has 320 valence electrons. The maximum absolute atomic E-state index is 12.6. The molecule has 0 radical (unpaired) electrons. The minimum absolute atomic E-state index is 0.0298. The van der Waals surface area contributed by atoms with Gasteiger partial charge in [0.1, 0.15) is 12.7 Å². The molecular formula is C44H73O11P. The summed E-state index contributed by atoms with van der Waals surface area (Å²) in [6.45, 7) is 2.04. The first-order chi connectivity index (χ1) is 27.1.